The molecule has 2 rings (SSSR count). The Balaban J connectivity index is 2.10. The monoisotopic (exact) mass is 243 g/mol. The van der Waals surface area contributed by atoms with Gasteiger partial charge in [0.1, 0.15) is 0 Å². The van der Waals surface area contributed by atoms with Crippen molar-refractivity contribution in [3.8, 4) is 0 Å². The molecule has 1 heterocycles. The zero-order chi connectivity index (χ0) is 13.0. The molecule has 0 bridgehead atoms. The molecule has 0 saturated carbocycles. The third-order valence-corrected chi connectivity index (χ3v) is 3.03. The van der Waals surface area contributed by atoms with Gasteiger partial charge in [0.2, 0.25) is 0 Å². The van der Waals surface area contributed by atoms with Crippen molar-refractivity contribution < 1.29 is 0 Å². The molecular formula is C15H21N3. The lowest BCUT2D eigenvalue weighted by Crippen LogP contribution is -2.06. The Hall–Kier alpha value is -1.61. The predicted octanol–water partition coefficient (Wildman–Crippen LogP) is 2.59. The predicted molar refractivity (Wildman–Crippen MR) is 74.2 cm³/mol. The molecule has 1 aromatic carbocycles. The van der Waals surface area contributed by atoms with Crippen LogP contribution >= 0.6 is 0 Å². The highest BCUT2D eigenvalue weighted by Crippen LogP contribution is 2.11. The molecule has 0 aliphatic rings. The molecule has 0 atom stereocenters. The molecule has 18 heavy (non-hydrogen) atoms. The number of aromatic nitrogens is 2. The molecule has 0 aliphatic carbocycles. The fourth-order valence-electron chi connectivity index (χ4n) is 2.06. The molecule has 0 saturated heterocycles. The van der Waals surface area contributed by atoms with Gasteiger partial charge in [0.05, 0.1) is 6.33 Å². The summed E-state index contributed by atoms with van der Waals surface area (Å²) in [6.45, 7) is 5.94. The average Bonchev–Trinajstić information content (AvgIpc) is 2.77. The Kier molecular flexibility index (Phi) is 4.15. The molecular weight excluding hydrogens is 222 g/mol. The van der Waals surface area contributed by atoms with Crippen molar-refractivity contribution in [2.24, 2.45) is 11.7 Å². The van der Waals surface area contributed by atoms with E-state index in [1.807, 2.05) is 12.5 Å². The normalized spacial score (nSPS) is 11.1. The van der Waals surface area contributed by atoms with E-state index >= 15 is 0 Å². The van der Waals surface area contributed by atoms with Crippen LogP contribution in [0, 0.1) is 5.92 Å². The largest absolute Gasteiger partial charge is 0.330 e. The summed E-state index contributed by atoms with van der Waals surface area (Å²) in [7, 11) is 0. The van der Waals surface area contributed by atoms with Gasteiger partial charge < -0.3 is 10.3 Å². The number of benzene rings is 1. The van der Waals surface area contributed by atoms with Crippen molar-refractivity contribution in [3.63, 3.8) is 0 Å². The Morgan fingerprint density at radius 1 is 1.17 bits per heavy atom. The van der Waals surface area contributed by atoms with Gasteiger partial charge in [-0.1, -0.05) is 38.1 Å². The molecule has 0 radical (unpaired) electrons. The first-order valence-corrected chi connectivity index (χ1v) is 6.46. The molecule has 3 nitrogen and oxygen atoms in total. The van der Waals surface area contributed by atoms with Crippen LogP contribution in [0.15, 0.2) is 36.8 Å². The molecule has 0 amide bonds. The minimum atomic E-state index is 0.601. The summed E-state index contributed by atoms with van der Waals surface area (Å²) in [5.41, 5.74) is 9.36. The first kappa shape index (κ1) is 12.8. The minimum Gasteiger partial charge on any atom is -0.330 e. The summed E-state index contributed by atoms with van der Waals surface area (Å²) in [6.07, 6.45) is 4.95. The summed E-state index contributed by atoms with van der Waals surface area (Å²) in [5.74, 6) is 0.653. The maximum Gasteiger partial charge on any atom is 0.0951 e. The van der Waals surface area contributed by atoms with Crippen LogP contribution in [0.25, 0.3) is 0 Å². The summed E-state index contributed by atoms with van der Waals surface area (Å²) >= 11 is 0. The zero-order valence-electron chi connectivity index (χ0n) is 11.1. The molecule has 3 heteroatoms. The Labute approximate surface area is 109 Å². The first-order valence-electron chi connectivity index (χ1n) is 6.46. The van der Waals surface area contributed by atoms with Crippen LogP contribution in [0.4, 0.5) is 0 Å². The van der Waals surface area contributed by atoms with Crippen LogP contribution in [0.1, 0.15) is 30.7 Å². The van der Waals surface area contributed by atoms with Gasteiger partial charge in [0, 0.05) is 25.0 Å². The van der Waals surface area contributed by atoms with Crippen LogP contribution < -0.4 is 5.73 Å². The highest BCUT2D eigenvalue weighted by molar-refractivity contribution is 5.23. The van der Waals surface area contributed by atoms with Gasteiger partial charge in [-0.05, 0) is 23.5 Å². The van der Waals surface area contributed by atoms with Crippen molar-refractivity contribution in [2.75, 3.05) is 0 Å². The number of hydrogen-bond acceptors (Lipinski definition) is 2. The molecule has 0 aliphatic heterocycles. The lowest BCUT2D eigenvalue weighted by Gasteiger charge is -2.10. The van der Waals surface area contributed by atoms with E-state index in [-0.39, 0.29) is 0 Å². The van der Waals surface area contributed by atoms with Crippen LogP contribution in [0.2, 0.25) is 0 Å². The second kappa shape index (κ2) is 5.83. The first-order chi connectivity index (χ1) is 8.69. The molecule has 96 valence electrons. The smallest absolute Gasteiger partial charge is 0.0951 e. The van der Waals surface area contributed by atoms with E-state index in [2.05, 4.69) is 47.7 Å². The maximum atomic E-state index is 5.60. The third-order valence-electron chi connectivity index (χ3n) is 3.03. The standard InChI is InChI=1S/C15H21N3/c1-12(2)7-15-9-17-11-18(15)10-14-5-3-13(8-16)4-6-14/h3-6,9,11-12H,7-8,10,16H2,1-2H3. The van der Waals surface area contributed by atoms with Gasteiger partial charge in [-0.25, -0.2) is 4.98 Å². The maximum absolute atomic E-state index is 5.60. The zero-order valence-corrected chi connectivity index (χ0v) is 11.1. The van der Waals surface area contributed by atoms with Crippen LogP contribution in [0.5, 0.6) is 0 Å². The second-order valence-electron chi connectivity index (χ2n) is 5.13. The van der Waals surface area contributed by atoms with E-state index in [1.54, 1.807) is 0 Å². The van der Waals surface area contributed by atoms with E-state index in [1.165, 1.54) is 16.8 Å². The highest BCUT2D eigenvalue weighted by atomic mass is 15.0. The lowest BCUT2D eigenvalue weighted by molar-refractivity contribution is 0.604. The second-order valence-corrected chi connectivity index (χ2v) is 5.13. The quantitative estimate of drug-likeness (QED) is 0.877. The van der Waals surface area contributed by atoms with Crippen molar-refractivity contribution >= 4 is 0 Å². The van der Waals surface area contributed by atoms with Crippen molar-refractivity contribution in [3.05, 3.63) is 53.6 Å². The SMILES string of the molecule is CC(C)Cc1cncn1Cc1ccc(CN)cc1. The Morgan fingerprint density at radius 2 is 1.83 bits per heavy atom. The number of rotatable bonds is 5. The van der Waals surface area contributed by atoms with E-state index < -0.39 is 0 Å². The van der Waals surface area contributed by atoms with Crippen molar-refractivity contribution in [1.82, 2.24) is 9.55 Å². The minimum absolute atomic E-state index is 0.601. The summed E-state index contributed by atoms with van der Waals surface area (Å²) in [6, 6.07) is 8.46. The third kappa shape index (κ3) is 3.20. The molecule has 1 aromatic heterocycles. The summed E-state index contributed by atoms with van der Waals surface area (Å²) in [5, 5.41) is 0. The Morgan fingerprint density at radius 3 is 2.44 bits per heavy atom. The van der Waals surface area contributed by atoms with E-state index in [0.717, 1.165) is 13.0 Å². The van der Waals surface area contributed by atoms with Gasteiger partial charge in [-0.15, -0.1) is 0 Å². The van der Waals surface area contributed by atoms with Gasteiger partial charge in [0.25, 0.3) is 0 Å². The number of hydrogen-bond donors (Lipinski definition) is 1. The van der Waals surface area contributed by atoms with Crippen LogP contribution in [-0.2, 0) is 19.5 Å². The van der Waals surface area contributed by atoms with E-state index in [9.17, 15) is 0 Å². The van der Waals surface area contributed by atoms with Gasteiger partial charge in [-0.2, -0.15) is 0 Å². The summed E-state index contributed by atoms with van der Waals surface area (Å²) < 4.78 is 2.22. The van der Waals surface area contributed by atoms with Gasteiger partial charge >= 0.3 is 0 Å². The number of nitrogens with zero attached hydrogens (tertiary/aromatic N) is 2. The fourth-order valence-corrected chi connectivity index (χ4v) is 2.06. The number of nitrogens with two attached hydrogens (primary N) is 1. The molecule has 0 fully saturated rings. The average molecular weight is 243 g/mol. The lowest BCUT2D eigenvalue weighted by atomic mass is 10.1. The summed E-state index contributed by atoms with van der Waals surface area (Å²) in [4.78, 5) is 4.25. The van der Waals surface area contributed by atoms with Gasteiger partial charge in [0.15, 0.2) is 0 Å². The molecule has 0 spiro atoms. The molecule has 0 unspecified atom stereocenters. The van der Waals surface area contributed by atoms with E-state index in [0.29, 0.717) is 12.5 Å². The van der Waals surface area contributed by atoms with Gasteiger partial charge in [-0.3, -0.25) is 0 Å². The fraction of sp³-hybridized carbons (Fsp3) is 0.400. The Bertz CT molecular complexity index is 483. The number of imidazole rings is 1. The molecule has 2 aromatic rings. The van der Waals surface area contributed by atoms with Crippen LogP contribution in [-0.4, -0.2) is 9.55 Å². The molecule has 2 N–H and O–H groups in total. The topological polar surface area (TPSA) is 43.8 Å². The highest BCUT2D eigenvalue weighted by Gasteiger charge is 2.05. The van der Waals surface area contributed by atoms with E-state index in [4.69, 9.17) is 5.73 Å². The van der Waals surface area contributed by atoms with Crippen LogP contribution in [0.3, 0.4) is 0 Å². The van der Waals surface area contributed by atoms with Crippen molar-refractivity contribution in [1.29, 1.82) is 0 Å². The van der Waals surface area contributed by atoms with Crippen molar-refractivity contribution in [2.45, 2.75) is 33.4 Å².